The molecule has 1 aliphatic rings. The van der Waals surface area contributed by atoms with E-state index in [9.17, 15) is 14.0 Å². The highest BCUT2D eigenvalue weighted by atomic mass is 35.5. The number of halogens is 2. The van der Waals surface area contributed by atoms with Crippen LogP contribution in [0, 0.1) is 5.82 Å². The van der Waals surface area contributed by atoms with Crippen molar-refractivity contribution < 1.29 is 18.3 Å². The highest BCUT2D eigenvalue weighted by molar-refractivity contribution is 6.32. The molecule has 8 nitrogen and oxygen atoms in total. The van der Waals surface area contributed by atoms with Crippen LogP contribution in [0.3, 0.4) is 0 Å². The smallest absolute Gasteiger partial charge is 0.421 e. The molecule has 1 fully saturated rings. The van der Waals surface area contributed by atoms with Gasteiger partial charge in [0.1, 0.15) is 18.1 Å². The van der Waals surface area contributed by atoms with Gasteiger partial charge in [0.25, 0.3) is 0 Å². The van der Waals surface area contributed by atoms with Crippen molar-refractivity contribution in [3.05, 3.63) is 51.9 Å². The lowest BCUT2D eigenvalue weighted by Crippen LogP contribution is -2.50. The van der Waals surface area contributed by atoms with E-state index in [4.69, 9.17) is 20.8 Å². The van der Waals surface area contributed by atoms with Crippen molar-refractivity contribution in [3.8, 4) is 5.75 Å². The molecule has 31 heavy (non-hydrogen) atoms. The molecule has 166 valence electrons. The van der Waals surface area contributed by atoms with Crippen LogP contribution in [0.1, 0.15) is 13.8 Å². The standard InChI is InChI=1S/C19H18ClFN4O4.C2H6/c1-28-16-10-14(13(21)9-12(16)20)23-5-7-24(8-6-23)17(26)11-25-18-15(29-19(25)27)3-2-4-22-18;1-2/h2-4,9-10H,5-8,11H2,1H3;1-2H3. The number of ether oxygens (including phenoxy) is 1. The molecule has 0 spiro atoms. The Kier molecular flexibility index (Phi) is 7.17. The molecule has 1 aliphatic heterocycles. The predicted octanol–water partition coefficient (Wildman–Crippen LogP) is 3.17. The summed E-state index contributed by atoms with van der Waals surface area (Å²) in [5.74, 6) is -0.909. The number of aromatic nitrogens is 2. The highest BCUT2D eigenvalue weighted by Gasteiger charge is 2.25. The van der Waals surface area contributed by atoms with E-state index < -0.39 is 11.6 Å². The topological polar surface area (TPSA) is 80.8 Å². The summed E-state index contributed by atoms with van der Waals surface area (Å²) in [5, 5.41) is 0.203. The van der Waals surface area contributed by atoms with E-state index in [2.05, 4.69) is 4.98 Å². The number of oxazole rings is 1. The Labute approximate surface area is 183 Å². The van der Waals surface area contributed by atoms with Crippen LogP contribution in [0.25, 0.3) is 11.2 Å². The maximum absolute atomic E-state index is 14.3. The molecule has 0 bridgehead atoms. The number of amides is 1. The molecule has 3 heterocycles. The highest BCUT2D eigenvalue weighted by Crippen LogP contribution is 2.32. The van der Waals surface area contributed by atoms with E-state index in [1.54, 1.807) is 23.1 Å². The number of pyridine rings is 1. The summed E-state index contributed by atoms with van der Waals surface area (Å²) in [6, 6.07) is 6.05. The predicted molar refractivity (Wildman–Crippen MR) is 116 cm³/mol. The first-order valence-electron chi connectivity index (χ1n) is 9.98. The molecular weight excluding hydrogens is 427 g/mol. The van der Waals surface area contributed by atoms with Gasteiger partial charge in [-0.05, 0) is 18.2 Å². The maximum Gasteiger partial charge on any atom is 0.421 e. The minimum absolute atomic E-state index is 0.161. The second-order valence-corrected chi connectivity index (χ2v) is 6.99. The Morgan fingerprint density at radius 3 is 2.65 bits per heavy atom. The zero-order valence-corrected chi connectivity index (χ0v) is 18.4. The van der Waals surface area contributed by atoms with Gasteiger partial charge in [-0.25, -0.2) is 18.7 Å². The van der Waals surface area contributed by atoms with E-state index >= 15 is 0 Å². The Hall–Kier alpha value is -3.07. The first kappa shape index (κ1) is 22.6. The van der Waals surface area contributed by atoms with Gasteiger partial charge < -0.3 is 19.0 Å². The molecular formula is C21H24ClFN4O4. The Morgan fingerprint density at radius 2 is 1.97 bits per heavy atom. The summed E-state index contributed by atoms with van der Waals surface area (Å²) in [5.41, 5.74) is 1.04. The first-order chi connectivity index (χ1) is 15.0. The second kappa shape index (κ2) is 9.82. The third-order valence-corrected chi connectivity index (χ3v) is 5.21. The molecule has 10 heteroatoms. The van der Waals surface area contributed by atoms with Gasteiger partial charge in [-0.15, -0.1) is 0 Å². The average molecular weight is 451 g/mol. The van der Waals surface area contributed by atoms with Crippen molar-refractivity contribution in [3.63, 3.8) is 0 Å². The zero-order valence-electron chi connectivity index (χ0n) is 17.6. The second-order valence-electron chi connectivity index (χ2n) is 6.59. The third-order valence-electron chi connectivity index (χ3n) is 4.91. The van der Waals surface area contributed by atoms with Crippen molar-refractivity contribution in [2.45, 2.75) is 20.4 Å². The number of carbonyl (C=O) groups excluding carboxylic acids is 1. The van der Waals surface area contributed by atoms with Crippen LogP contribution in [0.4, 0.5) is 10.1 Å². The maximum atomic E-state index is 14.3. The number of carbonyl (C=O) groups is 1. The van der Waals surface area contributed by atoms with Gasteiger partial charge in [-0.1, -0.05) is 25.4 Å². The number of piperazine rings is 1. The molecule has 3 aromatic rings. The number of hydrogen-bond acceptors (Lipinski definition) is 6. The summed E-state index contributed by atoms with van der Waals surface area (Å²) in [6.45, 7) is 5.49. The summed E-state index contributed by atoms with van der Waals surface area (Å²) in [7, 11) is 1.47. The van der Waals surface area contributed by atoms with Crippen LogP contribution in [-0.4, -0.2) is 53.6 Å². The lowest BCUT2D eigenvalue weighted by atomic mass is 10.2. The van der Waals surface area contributed by atoms with Crippen molar-refractivity contribution >= 4 is 34.4 Å². The fourth-order valence-electron chi connectivity index (χ4n) is 3.39. The molecule has 4 rings (SSSR count). The van der Waals surface area contributed by atoms with Crippen LogP contribution in [-0.2, 0) is 11.3 Å². The molecule has 1 aromatic carbocycles. The van der Waals surface area contributed by atoms with Crippen LogP contribution in [0.2, 0.25) is 5.02 Å². The number of methoxy groups -OCH3 is 1. The number of anilines is 1. The summed E-state index contributed by atoms with van der Waals surface area (Å²) in [4.78, 5) is 32.3. The molecule has 0 N–H and O–H groups in total. The van der Waals surface area contributed by atoms with Gasteiger partial charge in [0, 0.05) is 38.4 Å². The zero-order chi connectivity index (χ0) is 22.5. The number of fused-ring (bicyclic) bond motifs is 1. The van der Waals surface area contributed by atoms with Crippen LogP contribution >= 0.6 is 11.6 Å². The third kappa shape index (κ3) is 4.66. The van der Waals surface area contributed by atoms with Crippen molar-refractivity contribution in [2.24, 2.45) is 0 Å². The van der Waals surface area contributed by atoms with E-state index in [1.807, 2.05) is 18.7 Å². The first-order valence-corrected chi connectivity index (χ1v) is 10.4. The fraction of sp³-hybridized carbons (Fsp3) is 0.381. The summed E-state index contributed by atoms with van der Waals surface area (Å²) in [6.07, 6.45) is 1.53. The van der Waals surface area contributed by atoms with E-state index in [-0.39, 0.29) is 17.5 Å². The van der Waals surface area contributed by atoms with Gasteiger partial charge in [0.05, 0.1) is 17.8 Å². The largest absolute Gasteiger partial charge is 0.495 e. The number of hydrogen-bond donors (Lipinski definition) is 0. The Balaban J connectivity index is 0.00000132. The number of rotatable bonds is 4. The minimum Gasteiger partial charge on any atom is -0.495 e. The average Bonchev–Trinajstić information content (AvgIpc) is 3.10. The fourth-order valence-corrected chi connectivity index (χ4v) is 3.62. The van der Waals surface area contributed by atoms with Crippen LogP contribution in [0.5, 0.6) is 5.75 Å². The summed E-state index contributed by atoms with van der Waals surface area (Å²) < 4.78 is 25.8. The molecule has 0 saturated carbocycles. The van der Waals surface area contributed by atoms with Gasteiger partial charge in [0.2, 0.25) is 5.91 Å². The lowest BCUT2D eigenvalue weighted by molar-refractivity contribution is -0.132. The van der Waals surface area contributed by atoms with Crippen LogP contribution in [0.15, 0.2) is 39.7 Å². The van der Waals surface area contributed by atoms with Crippen molar-refractivity contribution in [2.75, 3.05) is 38.2 Å². The van der Waals surface area contributed by atoms with Crippen molar-refractivity contribution in [1.82, 2.24) is 14.5 Å². The molecule has 0 atom stereocenters. The van der Waals surface area contributed by atoms with Crippen molar-refractivity contribution in [1.29, 1.82) is 0 Å². The molecule has 1 saturated heterocycles. The van der Waals surface area contributed by atoms with Gasteiger partial charge in [-0.3, -0.25) is 4.79 Å². The van der Waals surface area contributed by atoms with Gasteiger partial charge in [-0.2, -0.15) is 0 Å². The molecule has 2 aromatic heterocycles. The van der Waals surface area contributed by atoms with E-state index in [0.717, 1.165) is 0 Å². The Bertz CT molecular complexity index is 1120. The normalized spacial score (nSPS) is 13.7. The Morgan fingerprint density at radius 1 is 1.26 bits per heavy atom. The number of nitrogens with zero attached hydrogens (tertiary/aromatic N) is 4. The van der Waals surface area contributed by atoms with E-state index in [1.165, 1.54) is 23.9 Å². The van der Waals surface area contributed by atoms with E-state index in [0.29, 0.717) is 48.8 Å². The van der Waals surface area contributed by atoms with Gasteiger partial charge in [0.15, 0.2) is 11.2 Å². The molecule has 0 unspecified atom stereocenters. The molecule has 1 amide bonds. The quantitative estimate of drug-likeness (QED) is 0.607. The summed E-state index contributed by atoms with van der Waals surface area (Å²) >= 11 is 5.95. The number of benzene rings is 1. The van der Waals surface area contributed by atoms with Gasteiger partial charge >= 0.3 is 5.76 Å². The molecule has 0 radical (unpaired) electrons. The van der Waals surface area contributed by atoms with Crippen LogP contribution < -0.4 is 15.4 Å². The monoisotopic (exact) mass is 450 g/mol. The lowest BCUT2D eigenvalue weighted by Gasteiger charge is -2.36. The minimum atomic E-state index is -0.624. The molecule has 0 aliphatic carbocycles. The SMILES string of the molecule is CC.COc1cc(N2CCN(C(=O)Cn3c(=O)oc4cccnc43)CC2)c(F)cc1Cl.